The molecule has 0 unspecified atom stereocenters. The van der Waals surface area contributed by atoms with Crippen LogP contribution in [0.25, 0.3) is 17.8 Å². The first-order chi connectivity index (χ1) is 21.2. The summed E-state index contributed by atoms with van der Waals surface area (Å²) in [5, 5.41) is 0. The number of methoxy groups -OCH3 is 1. The van der Waals surface area contributed by atoms with Crippen molar-refractivity contribution < 1.29 is 23.8 Å². The number of hydrogen-bond donors (Lipinski definition) is 0. The van der Waals surface area contributed by atoms with Crippen LogP contribution in [0.4, 0.5) is 5.69 Å². The number of aromatic nitrogens is 2. The molecule has 1 saturated heterocycles. The number of nitrogens with zero attached hydrogens (tertiary/aromatic N) is 3. The van der Waals surface area contributed by atoms with Gasteiger partial charge in [-0.3, -0.25) is 19.2 Å². The zero-order chi connectivity index (χ0) is 31.4. The summed E-state index contributed by atoms with van der Waals surface area (Å²) in [4.78, 5) is 41.3. The third-order valence-corrected chi connectivity index (χ3v) is 8.15. The molecular formula is C33H29N3O6S2. The molecule has 1 aromatic heterocycles. The minimum Gasteiger partial charge on any atom is -0.497 e. The Morgan fingerprint density at radius 1 is 0.977 bits per heavy atom. The first kappa shape index (κ1) is 30.6. The fourth-order valence-electron chi connectivity index (χ4n) is 4.61. The summed E-state index contributed by atoms with van der Waals surface area (Å²) in [5.41, 5.74) is 2.58. The molecule has 4 aromatic rings. The van der Waals surface area contributed by atoms with Crippen LogP contribution in [0, 0.1) is 6.92 Å². The summed E-state index contributed by atoms with van der Waals surface area (Å²) in [6, 6.07) is 21.4. The fraction of sp³-hybridized carbons (Fsp3) is 0.152. The molecule has 0 aliphatic carbocycles. The third-order valence-electron chi connectivity index (χ3n) is 6.84. The first-order valence-electron chi connectivity index (χ1n) is 13.6. The second-order valence-electron chi connectivity index (χ2n) is 9.59. The zero-order valence-corrected chi connectivity index (χ0v) is 26.1. The second kappa shape index (κ2) is 13.2. The van der Waals surface area contributed by atoms with Crippen LogP contribution in [0.2, 0.25) is 0 Å². The van der Waals surface area contributed by atoms with Gasteiger partial charge in [-0.2, -0.15) is 0 Å². The van der Waals surface area contributed by atoms with E-state index in [1.165, 1.54) is 15.7 Å². The molecule has 224 valence electrons. The lowest BCUT2D eigenvalue weighted by atomic mass is 10.1. The maximum Gasteiger partial charge on any atom is 0.336 e. The normalized spacial score (nSPS) is 14.1. The Balaban J connectivity index is 1.38. The molecule has 0 N–H and O–H groups in total. The Labute approximate surface area is 263 Å². The molecule has 1 aliphatic heterocycles. The molecule has 0 saturated carbocycles. The van der Waals surface area contributed by atoms with Crippen molar-refractivity contribution in [2.24, 2.45) is 7.05 Å². The Hall–Kier alpha value is -4.87. The zero-order valence-electron chi connectivity index (χ0n) is 24.5. The molecule has 0 spiro atoms. The van der Waals surface area contributed by atoms with Crippen molar-refractivity contribution in [3.63, 3.8) is 0 Å². The van der Waals surface area contributed by atoms with E-state index in [4.69, 9.17) is 26.4 Å². The number of benzene rings is 3. The smallest absolute Gasteiger partial charge is 0.336 e. The molecule has 3 aromatic carbocycles. The predicted octanol–water partition coefficient (Wildman–Crippen LogP) is 5.92. The molecule has 1 amide bonds. The molecule has 0 radical (unpaired) electrons. The van der Waals surface area contributed by atoms with Gasteiger partial charge in [-0.05, 0) is 73.5 Å². The van der Waals surface area contributed by atoms with E-state index in [1.54, 1.807) is 68.2 Å². The highest BCUT2D eigenvalue weighted by Crippen LogP contribution is 2.37. The Morgan fingerprint density at radius 3 is 2.36 bits per heavy atom. The molecule has 11 heteroatoms. The number of anilines is 1. The van der Waals surface area contributed by atoms with Crippen LogP contribution >= 0.6 is 24.0 Å². The number of thiocarbonyl (C=S) groups is 1. The van der Waals surface area contributed by atoms with Crippen LogP contribution < -0.4 is 24.7 Å². The lowest BCUT2D eigenvalue weighted by molar-refractivity contribution is -0.129. The van der Waals surface area contributed by atoms with Gasteiger partial charge in [-0.25, -0.2) is 9.48 Å². The van der Waals surface area contributed by atoms with Crippen molar-refractivity contribution in [3.05, 3.63) is 111 Å². The lowest BCUT2D eigenvalue weighted by Gasteiger charge is -2.12. The van der Waals surface area contributed by atoms with Crippen molar-refractivity contribution in [1.82, 2.24) is 9.36 Å². The minimum absolute atomic E-state index is 0.210. The van der Waals surface area contributed by atoms with Crippen molar-refractivity contribution in [2.75, 3.05) is 18.6 Å². The largest absolute Gasteiger partial charge is 0.497 e. The summed E-state index contributed by atoms with van der Waals surface area (Å²) in [6.07, 6.45) is 4.64. The number of carbonyl (C=O) groups excluding carboxylic acids is 2. The van der Waals surface area contributed by atoms with Crippen LogP contribution in [-0.4, -0.2) is 39.3 Å². The second-order valence-corrected chi connectivity index (χ2v) is 11.3. The Morgan fingerprint density at radius 2 is 1.68 bits per heavy atom. The number of esters is 1. The third kappa shape index (κ3) is 6.24. The number of carbonyl (C=O) groups is 2. The van der Waals surface area contributed by atoms with Crippen molar-refractivity contribution >= 4 is 58.0 Å². The van der Waals surface area contributed by atoms with E-state index >= 15 is 0 Å². The highest BCUT2D eigenvalue weighted by atomic mass is 32.2. The highest BCUT2D eigenvalue weighted by molar-refractivity contribution is 8.27. The molecule has 5 rings (SSSR count). The van der Waals surface area contributed by atoms with Gasteiger partial charge in [0.15, 0.2) is 15.8 Å². The number of amides is 1. The Kier molecular flexibility index (Phi) is 9.17. The highest BCUT2D eigenvalue weighted by Gasteiger charge is 2.37. The van der Waals surface area contributed by atoms with Gasteiger partial charge >= 0.3 is 5.97 Å². The van der Waals surface area contributed by atoms with Gasteiger partial charge < -0.3 is 14.2 Å². The van der Waals surface area contributed by atoms with Crippen molar-refractivity contribution in [1.29, 1.82) is 0 Å². The molecular weight excluding hydrogens is 599 g/mol. The molecule has 2 heterocycles. The van der Waals surface area contributed by atoms with Crippen molar-refractivity contribution in [2.45, 2.75) is 13.8 Å². The van der Waals surface area contributed by atoms with Gasteiger partial charge in [0.2, 0.25) is 0 Å². The minimum atomic E-state index is -0.574. The van der Waals surface area contributed by atoms with E-state index in [0.717, 1.165) is 23.1 Å². The van der Waals surface area contributed by atoms with E-state index in [1.807, 2.05) is 49.4 Å². The molecule has 0 atom stereocenters. The maximum atomic E-state index is 13.6. The van der Waals surface area contributed by atoms with Gasteiger partial charge in [0.25, 0.3) is 11.5 Å². The number of ether oxygens (including phenoxy) is 3. The quantitative estimate of drug-likeness (QED) is 0.0979. The van der Waals surface area contributed by atoms with E-state index < -0.39 is 11.9 Å². The van der Waals surface area contributed by atoms with Crippen LogP contribution in [-0.2, 0) is 16.6 Å². The molecule has 0 bridgehead atoms. The molecule has 1 fully saturated rings. The topological polar surface area (TPSA) is 92.0 Å². The Bertz CT molecular complexity index is 1860. The van der Waals surface area contributed by atoms with Gasteiger partial charge in [0, 0.05) is 13.1 Å². The number of para-hydroxylation sites is 1. The SMILES string of the molecule is CCOc1cc(/C=C2\SC(=S)N(c3c(C)n(C)n(-c4ccccc4)c3=O)C2=O)ccc1OC(=O)/C=C/c1ccc(OC)cc1. The van der Waals surface area contributed by atoms with Crippen LogP contribution in [0.15, 0.2) is 88.6 Å². The summed E-state index contributed by atoms with van der Waals surface area (Å²) < 4.78 is 19.9. The number of hydrogen-bond acceptors (Lipinski definition) is 8. The summed E-state index contributed by atoms with van der Waals surface area (Å²) in [5.74, 6) is 0.322. The van der Waals surface area contributed by atoms with E-state index in [-0.39, 0.29) is 21.3 Å². The fourth-order valence-corrected chi connectivity index (χ4v) is 5.88. The van der Waals surface area contributed by atoms with E-state index in [2.05, 4.69) is 0 Å². The number of thioether (sulfide) groups is 1. The molecule has 9 nitrogen and oxygen atoms in total. The van der Waals surface area contributed by atoms with E-state index in [0.29, 0.717) is 34.2 Å². The number of rotatable bonds is 9. The van der Waals surface area contributed by atoms with Gasteiger partial charge in [0.1, 0.15) is 11.4 Å². The van der Waals surface area contributed by atoms with Crippen molar-refractivity contribution in [3.8, 4) is 22.9 Å². The average molecular weight is 628 g/mol. The predicted molar refractivity (Wildman–Crippen MR) is 177 cm³/mol. The van der Waals surface area contributed by atoms with Gasteiger partial charge in [0.05, 0.1) is 30.0 Å². The monoisotopic (exact) mass is 627 g/mol. The standard InChI is InChI=1S/C33H29N3O6S2/c1-5-41-27-19-23(13-17-26(27)42-29(37)18-14-22-11-15-25(40-4)16-12-22)20-28-31(38)35(33(43)44-28)30-21(2)34(3)36(32(30)39)24-9-7-6-8-10-24/h6-20H,5H2,1-4H3/b18-14+,28-20-. The van der Waals surface area contributed by atoms with Crippen LogP contribution in [0.1, 0.15) is 23.7 Å². The summed E-state index contributed by atoms with van der Waals surface area (Å²) in [7, 11) is 3.35. The van der Waals surface area contributed by atoms with E-state index in [9.17, 15) is 14.4 Å². The van der Waals surface area contributed by atoms with Gasteiger partial charge in [-0.15, -0.1) is 0 Å². The maximum absolute atomic E-state index is 13.6. The lowest BCUT2D eigenvalue weighted by Crippen LogP contribution is -2.33. The molecule has 44 heavy (non-hydrogen) atoms. The van der Waals surface area contributed by atoms with Gasteiger partial charge in [-0.1, -0.05) is 60.4 Å². The first-order valence-corrected chi connectivity index (χ1v) is 14.9. The summed E-state index contributed by atoms with van der Waals surface area (Å²) >= 11 is 6.67. The van der Waals surface area contributed by atoms with Crippen LogP contribution in [0.3, 0.4) is 0 Å². The average Bonchev–Trinajstić information content (AvgIpc) is 3.42. The molecule has 1 aliphatic rings. The van der Waals surface area contributed by atoms with Crippen LogP contribution in [0.5, 0.6) is 17.2 Å². The summed E-state index contributed by atoms with van der Waals surface area (Å²) in [6.45, 7) is 3.93.